The van der Waals surface area contributed by atoms with Crippen molar-refractivity contribution in [3.05, 3.63) is 69.8 Å². The Morgan fingerprint density at radius 3 is 2.53 bits per heavy atom. The number of benzene rings is 2. The molecule has 158 valence electrons. The summed E-state index contributed by atoms with van der Waals surface area (Å²) in [4.78, 5) is 33.0. The summed E-state index contributed by atoms with van der Waals surface area (Å²) in [6.07, 6.45) is 3.00. The van der Waals surface area contributed by atoms with Crippen molar-refractivity contribution in [2.45, 2.75) is 59.4 Å². The molecule has 0 fully saturated rings. The number of carbonyl (C=O) groups excluding carboxylic acids is 1. The van der Waals surface area contributed by atoms with Gasteiger partial charge in [-0.3, -0.25) is 14.2 Å². The molecular weight excluding hydrogens is 374 g/mol. The number of rotatable bonds is 7. The van der Waals surface area contributed by atoms with Crippen LogP contribution in [0.5, 0.6) is 0 Å². The zero-order valence-electron chi connectivity index (χ0n) is 18.6. The van der Waals surface area contributed by atoms with Crippen molar-refractivity contribution in [3.8, 4) is 5.69 Å². The van der Waals surface area contributed by atoms with Crippen LogP contribution in [-0.2, 0) is 4.79 Å². The van der Waals surface area contributed by atoms with Gasteiger partial charge in [0.1, 0.15) is 5.82 Å². The van der Waals surface area contributed by atoms with Gasteiger partial charge in [0.25, 0.3) is 5.56 Å². The van der Waals surface area contributed by atoms with Crippen LogP contribution in [0, 0.1) is 13.8 Å². The first-order valence-corrected chi connectivity index (χ1v) is 10.7. The molecule has 0 saturated heterocycles. The Hall–Kier alpha value is -2.95. The SMILES string of the molecule is CCCCC(=O)N(C)C(CC)c1nc2ccccc2c(=O)n1-c1ccc(C)cc1C. The van der Waals surface area contributed by atoms with E-state index >= 15 is 0 Å². The molecule has 3 aromatic rings. The van der Waals surface area contributed by atoms with E-state index in [0.717, 1.165) is 29.7 Å². The lowest BCUT2D eigenvalue weighted by Gasteiger charge is -2.29. The van der Waals surface area contributed by atoms with Gasteiger partial charge < -0.3 is 4.90 Å². The Balaban J connectivity index is 2.26. The molecule has 1 atom stereocenters. The Morgan fingerprint density at radius 1 is 1.13 bits per heavy atom. The summed E-state index contributed by atoms with van der Waals surface area (Å²) in [6, 6.07) is 13.2. The topological polar surface area (TPSA) is 55.2 Å². The van der Waals surface area contributed by atoms with E-state index in [1.165, 1.54) is 0 Å². The van der Waals surface area contributed by atoms with Crippen LogP contribution >= 0.6 is 0 Å². The number of hydrogen-bond donors (Lipinski definition) is 0. The van der Waals surface area contributed by atoms with E-state index in [1.54, 1.807) is 9.47 Å². The minimum Gasteiger partial charge on any atom is -0.336 e. The molecule has 0 bridgehead atoms. The van der Waals surface area contributed by atoms with Crippen LogP contribution in [-0.4, -0.2) is 27.4 Å². The van der Waals surface area contributed by atoms with Crippen molar-refractivity contribution in [2.75, 3.05) is 7.05 Å². The third kappa shape index (κ3) is 4.16. The maximum absolute atomic E-state index is 13.6. The van der Waals surface area contributed by atoms with E-state index in [-0.39, 0.29) is 17.5 Å². The summed E-state index contributed by atoms with van der Waals surface area (Å²) in [5, 5.41) is 0.580. The normalized spacial score (nSPS) is 12.2. The van der Waals surface area contributed by atoms with Crippen molar-refractivity contribution in [3.63, 3.8) is 0 Å². The molecule has 0 aliphatic heterocycles. The molecule has 0 radical (unpaired) electrons. The van der Waals surface area contributed by atoms with Crippen LogP contribution in [0.25, 0.3) is 16.6 Å². The second-order valence-corrected chi connectivity index (χ2v) is 7.95. The molecule has 5 nitrogen and oxygen atoms in total. The Kier molecular flexibility index (Phi) is 6.70. The molecule has 1 unspecified atom stereocenters. The predicted molar refractivity (Wildman–Crippen MR) is 122 cm³/mol. The minimum absolute atomic E-state index is 0.0817. The molecule has 2 aromatic carbocycles. The summed E-state index contributed by atoms with van der Waals surface area (Å²) < 4.78 is 1.70. The lowest BCUT2D eigenvalue weighted by Crippen LogP contribution is -2.36. The molecule has 0 N–H and O–H groups in total. The predicted octanol–water partition coefficient (Wildman–Crippen LogP) is 5.10. The fourth-order valence-corrected chi connectivity index (χ4v) is 3.97. The number of fused-ring (bicyclic) bond motifs is 1. The van der Waals surface area contributed by atoms with Gasteiger partial charge in [0.15, 0.2) is 0 Å². The van der Waals surface area contributed by atoms with Gasteiger partial charge in [-0.25, -0.2) is 4.98 Å². The highest BCUT2D eigenvalue weighted by Gasteiger charge is 2.26. The van der Waals surface area contributed by atoms with Crippen LogP contribution in [0.1, 0.15) is 62.5 Å². The van der Waals surface area contributed by atoms with Crippen LogP contribution in [0.4, 0.5) is 0 Å². The first-order chi connectivity index (χ1) is 14.4. The van der Waals surface area contributed by atoms with Crippen molar-refractivity contribution in [2.24, 2.45) is 0 Å². The van der Waals surface area contributed by atoms with E-state index in [2.05, 4.69) is 13.0 Å². The fourth-order valence-electron chi connectivity index (χ4n) is 3.97. The van der Waals surface area contributed by atoms with Gasteiger partial charge in [0, 0.05) is 13.5 Å². The molecule has 1 heterocycles. The second kappa shape index (κ2) is 9.24. The molecule has 0 aliphatic carbocycles. The summed E-state index contributed by atoms with van der Waals surface area (Å²) >= 11 is 0. The van der Waals surface area contributed by atoms with Crippen LogP contribution < -0.4 is 5.56 Å². The van der Waals surface area contributed by atoms with Gasteiger partial charge in [-0.15, -0.1) is 0 Å². The van der Waals surface area contributed by atoms with Crippen LogP contribution in [0.3, 0.4) is 0 Å². The fraction of sp³-hybridized carbons (Fsp3) is 0.400. The number of carbonyl (C=O) groups is 1. The Bertz CT molecular complexity index is 1120. The van der Waals surface area contributed by atoms with Gasteiger partial charge in [0.2, 0.25) is 5.91 Å². The number of nitrogens with zero attached hydrogens (tertiary/aromatic N) is 3. The Morgan fingerprint density at radius 2 is 1.87 bits per heavy atom. The van der Waals surface area contributed by atoms with Gasteiger partial charge in [-0.2, -0.15) is 0 Å². The molecule has 0 aliphatic rings. The zero-order chi connectivity index (χ0) is 21.8. The Labute approximate surface area is 178 Å². The number of hydrogen-bond acceptors (Lipinski definition) is 3. The summed E-state index contributed by atoms with van der Waals surface area (Å²) in [5.74, 6) is 0.693. The third-order valence-electron chi connectivity index (χ3n) is 5.68. The second-order valence-electron chi connectivity index (χ2n) is 7.95. The number of amides is 1. The molecule has 30 heavy (non-hydrogen) atoms. The molecule has 1 aromatic heterocycles. The molecular formula is C25H31N3O2. The van der Waals surface area contributed by atoms with E-state index in [9.17, 15) is 9.59 Å². The van der Waals surface area contributed by atoms with Crippen molar-refractivity contribution >= 4 is 16.8 Å². The largest absolute Gasteiger partial charge is 0.336 e. The average molecular weight is 406 g/mol. The number of aryl methyl sites for hydroxylation is 2. The minimum atomic E-state index is -0.285. The summed E-state index contributed by atoms with van der Waals surface area (Å²) in [5.41, 5.74) is 3.51. The van der Waals surface area contributed by atoms with Crippen molar-refractivity contribution in [1.82, 2.24) is 14.5 Å². The van der Waals surface area contributed by atoms with Gasteiger partial charge in [-0.1, -0.05) is 50.1 Å². The first kappa shape index (κ1) is 21.8. The molecule has 0 saturated carbocycles. The van der Waals surface area contributed by atoms with Gasteiger partial charge in [-0.05, 0) is 50.5 Å². The lowest BCUT2D eigenvalue weighted by atomic mass is 10.1. The first-order valence-electron chi connectivity index (χ1n) is 10.7. The third-order valence-corrected chi connectivity index (χ3v) is 5.68. The quantitative estimate of drug-likeness (QED) is 0.549. The van der Waals surface area contributed by atoms with E-state index in [4.69, 9.17) is 4.98 Å². The van der Waals surface area contributed by atoms with Crippen LogP contribution in [0.2, 0.25) is 0 Å². The van der Waals surface area contributed by atoms with E-state index < -0.39 is 0 Å². The van der Waals surface area contributed by atoms with Gasteiger partial charge in [0.05, 0.1) is 22.6 Å². The summed E-state index contributed by atoms with van der Waals surface area (Å²) in [6.45, 7) is 8.15. The standard InChI is InChI=1S/C25H31N3O2/c1-6-8-13-23(29)27(5)21(7-2)24-26-20-12-10-9-11-19(20)25(30)28(24)22-15-14-17(3)16-18(22)4/h9-12,14-16,21H,6-8,13H2,1-5H3. The van der Waals surface area contributed by atoms with E-state index in [1.807, 2.05) is 64.2 Å². The maximum atomic E-state index is 13.6. The molecule has 3 rings (SSSR count). The number of unbranched alkanes of at least 4 members (excludes halogenated alkanes) is 1. The highest BCUT2D eigenvalue weighted by atomic mass is 16.2. The zero-order valence-corrected chi connectivity index (χ0v) is 18.6. The maximum Gasteiger partial charge on any atom is 0.266 e. The number of aromatic nitrogens is 2. The lowest BCUT2D eigenvalue weighted by molar-refractivity contribution is -0.132. The monoisotopic (exact) mass is 405 g/mol. The van der Waals surface area contributed by atoms with Gasteiger partial charge >= 0.3 is 0 Å². The molecule has 0 spiro atoms. The van der Waals surface area contributed by atoms with Crippen molar-refractivity contribution < 1.29 is 4.79 Å². The molecule has 5 heteroatoms. The highest BCUT2D eigenvalue weighted by Crippen LogP contribution is 2.27. The average Bonchev–Trinajstić information content (AvgIpc) is 2.73. The van der Waals surface area contributed by atoms with Crippen LogP contribution in [0.15, 0.2) is 47.3 Å². The van der Waals surface area contributed by atoms with Crippen molar-refractivity contribution in [1.29, 1.82) is 0 Å². The highest BCUT2D eigenvalue weighted by molar-refractivity contribution is 5.79. The van der Waals surface area contributed by atoms with E-state index in [0.29, 0.717) is 29.6 Å². The summed E-state index contributed by atoms with van der Waals surface area (Å²) in [7, 11) is 1.82. The molecule has 1 amide bonds. The smallest absolute Gasteiger partial charge is 0.266 e. The number of para-hydroxylation sites is 1.